The number of hydrogen-bond donors (Lipinski definition) is 2. The van der Waals surface area contributed by atoms with Crippen LogP contribution in [0.3, 0.4) is 0 Å². The maximum absolute atomic E-state index is 12.8. The molecule has 0 radical (unpaired) electrons. The molecular formula is C22H31N3O3. The van der Waals surface area contributed by atoms with Crippen molar-refractivity contribution in [2.45, 2.75) is 77.2 Å². The first kappa shape index (κ1) is 20.4. The van der Waals surface area contributed by atoms with Crippen LogP contribution in [0.1, 0.15) is 69.9 Å². The van der Waals surface area contributed by atoms with E-state index in [1.807, 2.05) is 18.2 Å². The van der Waals surface area contributed by atoms with Gasteiger partial charge in [0.05, 0.1) is 0 Å². The molecule has 1 saturated heterocycles. The highest BCUT2D eigenvalue weighted by atomic mass is 16.2. The molecule has 0 aromatic heterocycles. The van der Waals surface area contributed by atoms with Gasteiger partial charge in [0.1, 0.15) is 12.1 Å². The zero-order valence-corrected chi connectivity index (χ0v) is 17.0. The Labute approximate surface area is 167 Å². The summed E-state index contributed by atoms with van der Waals surface area (Å²) < 4.78 is 0. The number of nitrogens with zero attached hydrogens (tertiary/aromatic N) is 1. The van der Waals surface area contributed by atoms with E-state index in [2.05, 4.69) is 17.6 Å². The van der Waals surface area contributed by atoms with Crippen LogP contribution in [0.25, 0.3) is 0 Å². The van der Waals surface area contributed by atoms with Crippen molar-refractivity contribution in [1.82, 2.24) is 10.2 Å². The summed E-state index contributed by atoms with van der Waals surface area (Å²) in [5, 5.41) is 5.60. The molecule has 4 amide bonds. The van der Waals surface area contributed by atoms with Gasteiger partial charge in [-0.15, -0.1) is 0 Å². The summed E-state index contributed by atoms with van der Waals surface area (Å²) in [6.07, 6.45) is 9.29. The first-order valence-electron chi connectivity index (χ1n) is 10.5. The predicted molar refractivity (Wildman–Crippen MR) is 109 cm³/mol. The highest BCUT2D eigenvalue weighted by molar-refractivity contribution is 6.09. The molecule has 6 heteroatoms. The third-order valence-electron chi connectivity index (χ3n) is 5.81. The van der Waals surface area contributed by atoms with E-state index in [4.69, 9.17) is 0 Å². The second-order valence-electron chi connectivity index (χ2n) is 8.20. The number of unbranched alkanes of at least 4 members (excludes halogenated alkanes) is 4. The van der Waals surface area contributed by atoms with Crippen molar-refractivity contribution < 1.29 is 14.4 Å². The van der Waals surface area contributed by atoms with Crippen molar-refractivity contribution in [3.05, 3.63) is 29.3 Å². The van der Waals surface area contributed by atoms with Crippen LogP contribution >= 0.6 is 0 Å². The van der Waals surface area contributed by atoms with Gasteiger partial charge in [0.25, 0.3) is 5.91 Å². The predicted octanol–water partition coefficient (Wildman–Crippen LogP) is 3.78. The number of benzene rings is 1. The third-order valence-corrected chi connectivity index (χ3v) is 5.81. The molecule has 0 bridgehead atoms. The second kappa shape index (κ2) is 8.76. The number of aryl methyl sites for hydroxylation is 2. The van der Waals surface area contributed by atoms with E-state index in [-0.39, 0.29) is 18.4 Å². The van der Waals surface area contributed by atoms with Crippen LogP contribution in [-0.2, 0) is 22.4 Å². The van der Waals surface area contributed by atoms with Crippen LogP contribution in [0.2, 0.25) is 0 Å². The van der Waals surface area contributed by atoms with Crippen molar-refractivity contribution in [2.24, 2.45) is 0 Å². The standard InChI is InChI=1S/C22H31N3O3/c1-3-4-5-6-7-13-22(2)20(27)25(21(28)24-22)15-19(26)23-18-12-11-16-9-8-10-17(16)14-18/h11-12,14H,3-10,13,15H2,1-2H3,(H,23,26)(H,24,28). The lowest BCUT2D eigenvalue weighted by molar-refractivity contribution is -0.133. The zero-order chi connectivity index (χ0) is 20.1. The molecule has 1 heterocycles. The smallest absolute Gasteiger partial charge is 0.325 e. The number of anilines is 1. The number of imide groups is 1. The van der Waals surface area contributed by atoms with E-state index in [1.54, 1.807) is 6.92 Å². The second-order valence-corrected chi connectivity index (χ2v) is 8.20. The SMILES string of the molecule is CCCCCCCC1(C)NC(=O)N(CC(=O)Nc2ccc3c(c2)CCC3)C1=O. The van der Waals surface area contributed by atoms with Gasteiger partial charge in [0.15, 0.2) is 0 Å². The Morgan fingerprint density at radius 1 is 1.14 bits per heavy atom. The molecular weight excluding hydrogens is 354 g/mol. The molecule has 1 atom stereocenters. The Morgan fingerprint density at radius 3 is 2.68 bits per heavy atom. The van der Waals surface area contributed by atoms with Crippen LogP contribution in [-0.4, -0.2) is 34.8 Å². The Kier molecular flexibility index (Phi) is 6.37. The molecule has 1 aromatic carbocycles. The highest BCUT2D eigenvalue weighted by Gasteiger charge is 2.47. The molecule has 28 heavy (non-hydrogen) atoms. The highest BCUT2D eigenvalue weighted by Crippen LogP contribution is 2.26. The van der Waals surface area contributed by atoms with Gasteiger partial charge in [0.2, 0.25) is 5.91 Å². The number of rotatable bonds is 9. The van der Waals surface area contributed by atoms with Gasteiger partial charge >= 0.3 is 6.03 Å². The quantitative estimate of drug-likeness (QED) is 0.501. The fraction of sp³-hybridized carbons (Fsp3) is 0.591. The lowest BCUT2D eigenvalue weighted by Gasteiger charge is -2.21. The van der Waals surface area contributed by atoms with Crippen molar-refractivity contribution in [1.29, 1.82) is 0 Å². The normalized spacial score (nSPS) is 21.0. The number of carbonyl (C=O) groups is 3. The van der Waals surface area contributed by atoms with Gasteiger partial charge in [-0.25, -0.2) is 4.79 Å². The summed E-state index contributed by atoms with van der Waals surface area (Å²) in [5.41, 5.74) is 2.42. The molecule has 1 aliphatic carbocycles. The first-order chi connectivity index (χ1) is 13.4. The van der Waals surface area contributed by atoms with E-state index in [9.17, 15) is 14.4 Å². The van der Waals surface area contributed by atoms with E-state index in [1.165, 1.54) is 24.0 Å². The number of hydrogen-bond acceptors (Lipinski definition) is 3. The first-order valence-corrected chi connectivity index (χ1v) is 10.5. The van der Waals surface area contributed by atoms with Crippen molar-refractivity contribution in [2.75, 3.05) is 11.9 Å². The lowest BCUT2D eigenvalue weighted by atomic mass is 9.94. The van der Waals surface area contributed by atoms with E-state index in [0.29, 0.717) is 6.42 Å². The minimum atomic E-state index is -0.906. The van der Waals surface area contributed by atoms with Crippen molar-refractivity contribution in [3.8, 4) is 0 Å². The molecule has 2 N–H and O–H groups in total. The molecule has 6 nitrogen and oxygen atoms in total. The van der Waals surface area contributed by atoms with Gasteiger partial charge in [-0.05, 0) is 55.9 Å². The average molecular weight is 386 g/mol. The molecule has 152 valence electrons. The Hall–Kier alpha value is -2.37. The fourth-order valence-corrected chi connectivity index (χ4v) is 4.14. The molecule has 3 rings (SSSR count). The van der Waals surface area contributed by atoms with Crippen LogP contribution in [0.15, 0.2) is 18.2 Å². The summed E-state index contributed by atoms with van der Waals surface area (Å²) in [7, 11) is 0. The van der Waals surface area contributed by atoms with Crippen LogP contribution in [0.4, 0.5) is 10.5 Å². The largest absolute Gasteiger partial charge is 0.325 e. The number of fused-ring (bicyclic) bond motifs is 1. The van der Waals surface area contributed by atoms with Crippen LogP contribution in [0.5, 0.6) is 0 Å². The lowest BCUT2D eigenvalue weighted by Crippen LogP contribution is -2.44. The third kappa shape index (κ3) is 4.54. The van der Waals surface area contributed by atoms with Gasteiger partial charge in [-0.3, -0.25) is 14.5 Å². The molecule has 1 unspecified atom stereocenters. The topological polar surface area (TPSA) is 78.5 Å². The summed E-state index contributed by atoms with van der Waals surface area (Å²) in [6, 6.07) is 5.44. The van der Waals surface area contributed by atoms with Crippen LogP contribution < -0.4 is 10.6 Å². The Balaban J connectivity index is 1.54. The average Bonchev–Trinajstić information content (AvgIpc) is 3.20. The van der Waals surface area contributed by atoms with Gasteiger partial charge in [-0.1, -0.05) is 45.1 Å². The summed E-state index contributed by atoms with van der Waals surface area (Å²) in [6.45, 7) is 3.66. The molecule has 1 fully saturated rings. The number of carbonyl (C=O) groups excluding carboxylic acids is 3. The van der Waals surface area contributed by atoms with Gasteiger partial charge < -0.3 is 10.6 Å². The summed E-state index contributed by atoms with van der Waals surface area (Å²) in [4.78, 5) is 38.5. The number of amides is 4. The maximum atomic E-state index is 12.8. The van der Waals surface area contributed by atoms with E-state index >= 15 is 0 Å². The van der Waals surface area contributed by atoms with Crippen molar-refractivity contribution in [3.63, 3.8) is 0 Å². The summed E-state index contributed by atoms with van der Waals surface area (Å²) >= 11 is 0. The molecule has 1 aromatic rings. The maximum Gasteiger partial charge on any atom is 0.325 e. The monoisotopic (exact) mass is 385 g/mol. The number of urea groups is 1. The Morgan fingerprint density at radius 2 is 1.89 bits per heavy atom. The van der Waals surface area contributed by atoms with E-state index in [0.717, 1.165) is 49.1 Å². The fourth-order valence-electron chi connectivity index (χ4n) is 4.14. The van der Waals surface area contributed by atoms with Crippen LogP contribution in [0, 0.1) is 0 Å². The minimum absolute atomic E-state index is 0.257. The number of nitrogens with one attached hydrogen (secondary N) is 2. The molecule has 0 saturated carbocycles. The Bertz CT molecular complexity index is 761. The molecule has 1 aliphatic heterocycles. The molecule has 0 spiro atoms. The van der Waals surface area contributed by atoms with E-state index < -0.39 is 11.6 Å². The summed E-state index contributed by atoms with van der Waals surface area (Å²) in [5.74, 6) is -0.661. The van der Waals surface area contributed by atoms with Gasteiger partial charge in [0, 0.05) is 5.69 Å². The molecule has 2 aliphatic rings. The minimum Gasteiger partial charge on any atom is -0.325 e. The zero-order valence-electron chi connectivity index (χ0n) is 17.0. The van der Waals surface area contributed by atoms with Crippen molar-refractivity contribution >= 4 is 23.5 Å². The van der Waals surface area contributed by atoms with Gasteiger partial charge in [-0.2, -0.15) is 0 Å².